The Morgan fingerprint density at radius 2 is 2.00 bits per heavy atom. The predicted molar refractivity (Wildman–Crippen MR) is 110 cm³/mol. The minimum Gasteiger partial charge on any atom is -0.352 e. The summed E-state index contributed by atoms with van der Waals surface area (Å²) >= 11 is 1.99. The van der Waals surface area contributed by atoms with Gasteiger partial charge in [0, 0.05) is 54.2 Å². The molecule has 1 N–H and O–H groups in total. The van der Waals surface area contributed by atoms with Gasteiger partial charge in [-0.1, -0.05) is 25.3 Å². The quantitative estimate of drug-likeness (QED) is 0.767. The number of thiophene rings is 1. The fourth-order valence-electron chi connectivity index (χ4n) is 4.37. The number of hydrogen-bond acceptors (Lipinski definition) is 4. The number of carbonyl (C=O) groups excluding carboxylic acids is 1. The molecule has 2 aliphatic rings. The van der Waals surface area contributed by atoms with E-state index in [0.717, 1.165) is 32.0 Å². The summed E-state index contributed by atoms with van der Waals surface area (Å²) in [5.74, 6) is 0.968. The number of hydrogen-bond donors (Lipinski definition) is 1. The van der Waals surface area contributed by atoms with Gasteiger partial charge in [-0.05, 0) is 48.9 Å². The highest BCUT2D eigenvalue weighted by Crippen LogP contribution is 2.36. The van der Waals surface area contributed by atoms with Crippen LogP contribution in [-0.2, 0) is 17.9 Å². The van der Waals surface area contributed by atoms with E-state index in [1.807, 2.05) is 29.8 Å². The molecule has 27 heavy (non-hydrogen) atoms. The molecule has 2 fully saturated rings. The molecule has 1 aliphatic carbocycles. The molecule has 5 heteroatoms. The fraction of sp³-hybridized carbons (Fsp3) is 0.545. The van der Waals surface area contributed by atoms with Gasteiger partial charge >= 0.3 is 0 Å². The van der Waals surface area contributed by atoms with Crippen LogP contribution in [-0.4, -0.2) is 28.4 Å². The van der Waals surface area contributed by atoms with Crippen LogP contribution in [0.3, 0.4) is 0 Å². The first-order valence-corrected chi connectivity index (χ1v) is 11.1. The zero-order chi connectivity index (χ0) is 18.5. The molecule has 0 radical (unpaired) electrons. The Bertz CT molecular complexity index is 739. The molecule has 3 heterocycles. The van der Waals surface area contributed by atoms with Gasteiger partial charge in [-0.3, -0.25) is 14.7 Å². The van der Waals surface area contributed by atoms with Crippen molar-refractivity contribution in [1.82, 2.24) is 15.2 Å². The number of aromatic nitrogens is 1. The Balaban J connectivity index is 1.43. The third-order valence-corrected chi connectivity index (χ3v) is 6.99. The Kier molecular flexibility index (Phi) is 6.20. The molecule has 144 valence electrons. The van der Waals surface area contributed by atoms with E-state index in [1.54, 1.807) is 4.88 Å². The summed E-state index contributed by atoms with van der Waals surface area (Å²) in [6.07, 6.45) is 12.2. The third kappa shape index (κ3) is 5.17. The molecule has 0 aromatic carbocycles. The first-order chi connectivity index (χ1) is 13.3. The van der Waals surface area contributed by atoms with Crippen LogP contribution in [0.15, 0.2) is 36.7 Å². The van der Waals surface area contributed by atoms with Crippen LogP contribution in [0.5, 0.6) is 0 Å². The second-order valence-electron chi connectivity index (χ2n) is 7.97. The van der Waals surface area contributed by atoms with Crippen LogP contribution in [0.25, 0.3) is 0 Å². The summed E-state index contributed by atoms with van der Waals surface area (Å²) in [4.78, 5) is 21.3. The van der Waals surface area contributed by atoms with Gasteiger partial charge in [-0.15, -0.1) is 11.3 Å². The van der Waals surface area contributed by atoms with Crippen molar-refractivity contribution in [2.45, 2.75) is 70.0 Å². The van der Waals surface area contributed by atoms with Crippen molar-refractivity contribution in [2.24, 2.45) is 0 Å². The molecule has 4 rings (SSSR count). The molecule has 0 spiro atoms. The minimum atomic E-state index is 0.192. The second-order valence-corrected chi connectivity index (χ2v) is 9.17. The molecule has 0 bridgehead atoms. The highest BCUT2D eigenvalue weighted by Gasteiger charge is 2.24. The molecular formula is C22H29N3OS. The molecule has 1 saturated heterocycles. The van der Waals surface area contributed by atoms with Gasteiger partial charge in [0.1, 0.15) is 0 Å². The minimum absolute atomic E-state index is 0.192. The number of amides is 1. The molecule has 4 nitrogen and oxygen atoms in total. The maximum atomic E-state index is 11.6. The van der Waals surface area contributed by atoms with Gasteiger partial charge in [0.05, 0.1) is 0 Å². The number of carbonyl (C=O) groups is 1. The SMILES string of the molecule is O=C1CC[C@@H](CN(Cc2cccnc2)Cc2ccc(C3CCCCC3)s2)N1. The molecule has 1 amide bonds. The van der Waals surface area contributed by atoms with E-state index in [-0.39, 0.29) is 11.9 Å². The van der Waals surface area contributed by atoms with Crippen molar-refractivity contribution in [1.29, 1.82) is 0 Å². The Morgan fingerprint density at radius 1 is 1.11 bits per heavy atom. The van der Waals surface area contributed by atoms with Crippen molar-refractivity contribution in [3.63, 3.8) is 0 Å². The van der Waals surface area contributed by atoms with E-state index in [2.05, 4.69) is 33.4 Å². The lowest BCUT2D eigenvalue weighted by Crippen LogP contribution is -2.38. The zero-order valence-electron chi connectivity index (χ0n) is 15.9. The van der Waals surface area contributed by atoms with Gasteiger partial charge in [0.25, 0.3) is 0 Å². The Hall–Kier alpha value is -1.72. The van der Waals surface area contributed by atoms with E-state index in [4.69, 9.17) is 0 Å². The summed E-state index contributed by atoms with van der Waals surface area (Å²) in [5.41, 5.74) is 1.23. The molecule has 1 atom stereocenters. The monoisotopic (exact) mass is 383 g/mol. The van der Waals surface area contributed by atoms with Crippen molar-refractivity contribution >= 4 is 17.2 Å². The lowest BCUT2D eigenvalue weighted by atomic mass is 9.88. The van der Waals surface area contributed by atoms with Gasteiger partial charge in [0.15, 0.2) is 0 Å². The normalized spacial score (nSPS) is 20.9. The standard InChI is InChI=1S/C22H29N3OS/c26-22-11-8-19(24-22)15-25(14-17-5-4-12-23-13-17)16-20-9-10-21(27-20)18-6-2-1-3-7-18/h4-5,9-10,12-13,18-19H,1-3,6-8,11,14-16H2,(H,24,26)/t19-/m0/s1. The van der Waals surface area contributed by atoms with Gasteiger partial charge in [-0.25, -0.2) is 0 Å². The van der Waals surface area contributed by atoms with Crippen LogP contribution in [0.2, 0.25) is 0 Å². The number of rotatable bonds is 7. The lowest BCUT2D eigenvalue weighted by molar-refractivity contribution is -0.119. The molecule has 1 aliphatic heterocycles. The first kappa shape index (κ1) is 18.6. The Morgan fingerprint density at radius 3 is 2.74 bits per heavy atom. The van der Waals surface area contributed by atoms with Crippen molar-refractivity contribution in [3.05, 3.63) is 52.0 Å². The van der Waals surface area contributed by atoms with Crippen LogP contribution < -0.4 is 5.32 Å². The third-order valence-electron chi connectivity index (χ3n) is 5.76. The molecular weight excluding hydrogens is 354 g/mol. The van der Waals surface area contributed by atoms with Crippen LogP contribution in [0, 0.1) is 0 Å². The Labute approximate surface area is 166 Å². The zero-order valence-corrected chi connectivity index (χ0v) is 16.7. The summed E-state index contributed by atoms with van der Waals surface area (Å²) in [7, 11) is 0. The van der Waals surface area contributed by atoms with E-state index in [9.17, 15) is 4.79 Å². The smallest absolute Gasteiger partial charge is 0.220 e. The summed E-state index contributed by atoms with van der Waals surface area (Å²) in [6, 6.07) is 9.08. The van der Waals surface area contributed by atoms with Gasteiger partial charge < -0.3 is 5.32 Å². The van der Waals surface area contributed by atoms with Crippen molar-refractivity contribution in [2.75, 3.05) is 6.54 Å². The van der Waals surface area contributed by atoms with Crippen molar-refractivity contribution in [3.8, 4) is 0 Å². The van der Waals surface area contributed by atoms with Crippen LogP contribution in [0.4, 0.5) is 0 Å². The van der Waals surface area contributed by atoms with E-state index < -0.39 is 0 Å². The molecule has 1 saturated carbocycles. The average molecular weight is 384 g/mol. The van der Waals surface area contributed by atoms with Crippen LogP contribution >= 0.6 is 11.3 Å². The van der Waals surface area contributed by atoms with E-state index in [1.165, 1.54) is 42.5 Å². The summed E-state index contributed by atoms with van der Waals surface area (Å²) in [6.45, 7) is 2.72. The fourth-order valence-corrected chi connectivity index (χ4v) is 5.59. The first-order valence-electron chi connectivity index (χ1n) is 10.3. The second kappa shape index (κ2) is 8.98. The van der Waals surface area contributed by atoms with Crippen LogP contribution in [0.1, 0.15) is 66.2 Å². The van der Waals surface area contributed by atoms with Gasteiger partial charge in [0.2, 0.25) is 5.91 Å². The summed E-state index contributed by atoms with van der Waals surface area (Å²) < 4.78 is 0. The maximum Gasteiger partial charge on any atom is 0.220 e. The highest BCUT2D eigenvalue weighted by atomic mass is 32.1. The molecule has 0 unspecified atom stereocenters. The lowest BCUT2D eigenvalue weighted by Gasteiger charge is -2.25. The van der Waals surface area contributed by atoms with Crippen molar-refractivity contribution < 1.29 is 4.79 Å². The number of nitrogens with one attached hydrogen (secondary N) is 1. The maximum absolute atomic E-state index is 11.6. The topological polar surface area (TPSA) is 45.2 Å². The average Bonchev–Trinajstić information content (AvgIpc) is 3.32. The van der Waals surface area contributed by atoms with Gasteiger partial charge in [-0.2, -0.15) is 0 Å². The molecule has 2 aromatic heterocycles. The highest BCUT2D eigenvalue weighted by molar-refractivity contribution is 7.12. The summed E-state index contributed by atoms with van der Waals surface area (Å²) in [5, 5.41) is 3.12. The number of nitrogens with zero attached hydrogens (tertiary/aromatic N) is 2. The number of pyridine rings is 1. The largest absolute Gasteiger partial charge is 0.352 e. The van der Waals surface area contributed by atoms with E-state index >= 15 is 0 Å². The predicted octanol–water partition coefficient (Wildman–Crippen LogP) is 4.47. The van der Waals surface area contributed by atoms with E-state index in [0.29, 0.717) is 6.42 Å². The molecule has 2 aromatic rings.